The Bertz CT molecular complexity index is 654. The number of H-pyrrole nitrogens is 2. The molecule has 0 unspecified atom stereocenters. The van der Waals surface area contributed by atoms with Gasteiger partial charge in [0.2, 0.25) is 5.78 Å². The molecule has 1 aromatic heterocycles. The Morgan fingerprint density at radius 1 is 1.22 bits per heavy atom. The summed E-state index contributed by atoms with van der Waals surface area (Å²) < 4.78 is 0. The molecule has 6 nitrogen and oxygen atoms in total. The van der Waals surface area contributed by atoms with E-state index in [1.807, 2.05) is 12.1 Å². The molecule has 2 rings (SSSR count). The van der Waals surface area contributed by atoms with Gasteiger partial charge in [-0.1, -0.05) is 6.07 Å². The fraction of sp³-hybridized carbons (Fsp3) is 0.250. The van der Waals surface area contributed by atoms with Crippen LogP contribution in [0.1, 0.15) is 12.5 Å². The smallest absolute Gasteiger partial charge is 0.323 e. The number of Topliss-reactive ketones (excluding diaryl/α,β-unsaturated/α-hetero) is 1. The maximum atomic E-state index is 11.1. The first kappa shape index (κ1) is 12.1. The van der Waals surface area contributed by atoms with Crippen molar-refractivity contribution >= 4 is 22.7 Å². The summed E-state index contributed by atoms with van der Waals surface area (Å²) in [4.78, 5) is 38.1. The number of nitrogens with one attached hydrogen (secondary N) is 3. The second kappa shape index (κ2) is 4.87. The number of carbonyl (C=O) groups excluding carboxylic acids is 2. The van der Waals surface area contributed by atoms with Crippen molar-refractivity contribution in [1.29, 1.82) is 0 Å². The molecule has 3 N–H and O–H groups in total. The van der Waals surface area contributed by atoms with Crippen LogP contribution in [0.25, 0.3) is 11.0 Å². The topological polar surface area (TPSA) is 94.8 Å². The van der Waals surface area contributed by atoms with E-state index < -0.39 is 11.7 Å². The lowest BCUT2D eigenvalue weighted by molar-refractivity contribution is -0.136. The van der Waals surface area contributed by atoms with Crippen LogP contribution < -0.4 is 11.0 Å². The molecule has 0 radical (unpaired) electrons. The van der Waals surface area contributed by atoms with Crippen LogP contribution in [-0.2, 0) is 16.0 Å². The van der Waals surface area contributed by atoms with Crippen molar-refractivity contribution in [2.45, 2.75) is 13.3 Å². The Hall–Kier alpha value is -2.37. The average Bonchev–Trinajstić information content (AvgIpc) is 2.68. The molecule has 0 spiro atoms. The van der Waals surface area contributed by atoms with Gasteiger partial charge in [-0.15, -0.1) is 0 Å². The summed E-state index contributed by atoms with van der Waals surface area (Å²) in [7, 11) is 0. The van der Waals surface area contributed by atoms with E-state index in [1.165, 1.54) is 6.92 Å². The Morgan fingerprint density at radius 2 is 1.94 bits per heavy atom. The third kappa shape index (κ3) is 2.65. The summed E-state index contributed by atoms with van der Waals surface area (Å²) in [6.45, 7) is 1.62. The summed E-state index contributed by atoms with van der Waals surface area (Å²) in [5, 5.41) is 2.52. The summed E-state index contributed by atoms with van der Waals surface area (Å²) in [6.07, 6.45) is 0.599. The van der Waals surface area contributed by atoms with Crippen LogP contribution in [0.4, 0.5) is 0 Å². The Labute approximate surface area is 102 Å². The predicted molar refractivity (Wildman–Crippen MR) is 66.3 cm³/mol. The van der Waals surface area contributed by atoms with Crippen molar-refractivity contribution < 1.29 is 9.59 Å². The lowest BCUT2D eigenvalue weighted by Crippen LogP contribution is -2.30. The summed E-state index contributed by atoms with van der Waals surface area (Å²) in [6, 6.07) is 5.51. The third-order valence-electron chi connectivity index (χ3n) is 2.60. The van der Waals surface area contributed by atoms with Crippen LogP contribution in [0.2, 0.25) is 0 Å². The van der Waals surface area contributed by atoms with Crippen molar-refractivity contribution in [3.63, 3.8) is 0 Å². The number of imidazole rings is 1. The van der Waals surface area contributed by atoms with Crippen LogP contribution in [0, 0.1) is 0 Å². The van der Waals surface area contributed by atoms with E-state index in [9.17, 15) is 14.4 Å². The van der Waals surface area contributed by atoms with Gasteiger partial charge in [0.15, 0.2) is 0 Å². The van der Waals surface area contributed by atoms with Gasteiger partial charge < -0.3 is 15.3 Å². The molecule has 0 bridgehead atoms. The quantitative estimate of drug-likeness (QED) is 0.669. The SMILES string of the molecule is CC(=O)C(=O)NCCc1ccc2[nH]c(=O)[nH]c2c1. The number of amides is 1. The first-order valence-electron chi connectivity index (χ1n) is 5.56. The van der Waals surface area contributed by atoms with Gasteiger partial charge in [-0.3, -0.25) is 9.59 Å². The predicted octanol–water partition coefficient (Wildman–Crippen LogP) is 0.104. The van der Waals surface area contributed by atoms with Crippen LogP contribution in [0.15, 0.2) is 23.0 Å². The average molecular weight is 247 g/mol. The number of ketones is 1. The van der Waals surface area contributed by atoms with Crippen molar-refractivity contribution in [2.24, 2.45) is 0 Å². The molecule has 0 fully saturated rings. The van der Waals surface area contributed by atoms with Crippen molar-refractivity contribution in [3.8, 4) is 0 Å². The standard InChI is InChI=1S/C12H13N3O3/c1-7(16)11(17)13-5-4-8-2-3-9-10(6-8)15-12(18)14-9/h2-3,6H,4-5H2,1H3,(H,13,17)(H2,14,15,18). The fourth-order valence-corrected chi connectivity index (χ4v) is 1.68. The van der Waals surface area contributed by atoms with Gasteiger partial charge in [-0.25, -0.2) is 4.79 Å². The van der Waals surface area contributed by atoms with Gasteiger partial charge in [-0.2, -0.15) is 0 Å². The zero-order valence-electron chi connectivity index (χ0n) is 9.87. The molecule has 2 aromatic rings. The Kier molecular flexibility index (Phi) is 3.27. The van der Waals surface area contributed by atoms with Crippen molar-refractivity contribution in [1.82, 2.24) is 15.3 Å². The van der Waals surface area contributed by atoms with Gasteiger partial charge in [-0.05, 0) is 24.1 Å². The number of hydrogen-bond donors (Lipinski definition) is 3. The second-order valence-electron chi connectivity index (χ2n) is 4.02. The highest BCUT2D eigenvalue weighted by molar-refractivity contribution is 6.35. The minimum Gasteiger partial charge on any atom is -0.349 e. The molecular formula is C12H13N3O3. The number of hydrogen-bond acceptors (Lipinski definition) is 3. The molecule has 18 heavy (non-hydrogen) atoms. The van der Waals surface area contributed by atoms with Gasteiger partial charge in [0.1, 0.15) is 0 Å². The van der Waals surface area contributed by atoms with Gasteiger partial charge in [0.25, 0.3) is 5.91 Å². The van der Waals surface area contributed by atoms with E-state index in [2.05, 4.69) is 15.3 Å². The maximum absolute atomic E-state index is 11.1. The number of benzene rings is 1. The van der Waals surface area contributed by atoms with Gasteiger partial charge in [0.05, 0.1) is 11.0 Å². The highest BCUT2D eigenvalue weighted by atomic mass is 16.2. The highest BCUT2D eigenvalue weighted by Gasteiger charge is 2.06. The minimum absolute atomic E-state index is 0.243. The first-order valence-corrected chi connectivity index (χ1v) is 5.56. The molecule has 0 aliphatic heterocycles. The maximum Gasteiger partial charge on any atom is 0.323 e. The van der Waals surface area contributed by atoms with E-state index in [0.717, 1.165) is 16.6 Å². The summed E-state index contributed by atoms with van der Waals surface area (Å²) >= 11 is 0. The highest BCUT2D eigenvalue weighted by Crippen LogP contribution is 2.10. The normalized spacial score (nSPS) is 10.5. The van der Waals surface area contributed by atoms with Crippen molar-refractivity contribution in [2.75, 3.05) is 6.54 Å². The van der Waals surface area contributed by atoms with E-state index >= 15 is 0 Å². The number of aromatic nitrogens is 2. The van der Waals surface area contributed by atoms with E-state index in [4.69, 9.17) is 0 Å². The lowest BCUT2D eigenvalue weighted by Gasteiger charge is -2.03. The zero-order chi connectivity index (χ0) is 13.1. The molecule has 94 valence electrons. The van der Waals surface area contributed by atoms with E-state index in [-0.39, 0.29) is 5.69 Å². The number of carbonyl (C=O) groups is 2. The van der Waals surface area contributed by atoms with Gasteiger partial charge >= 0.3 is 5.69 Å². The molecule has 6 heteroatoms. The molecule has 0 saturated heterocycles. The van der Waals surface area contributed by atoms with Crippen LogP contribution in [-0.4, -0.2) is 28.2 Å². The Balaban J connectivity index is 2.01. The fourth-order valence-electron chi connectivity index (χ4n) is 1.68. The van der Waals surface area contributed by atoms with Crippen molar-refractivity contribution in [3.05, 3.63) is 34.2 Å². The molecule has 0 aliphatic rings. The molecule has 0 aliphatic carbocycles. The van der Waals surface area contributed by atoms with Crippen LogP contribution >= 0.6 is 0 Å². The molecule has 0 atom stereocenters. The number of rotatable bonds is 4. The third-order valence-corrected chi connectivity index (χ3v) is 2.60. The molecule has 1 amide bonds. The first-order chi connectivity index (χ1) is 8.56. The molecule has 1 heterocycles. The lowest BCUT2D eigenvalue weighted by atomic mass is 10.1. The number of aromatic amines is 2. The summed E-state index contributed by atoms with van der Waals surface area (Å²) in [5.41, 5.74) is 2.21. The molecule has 1 aromatic carbocycles. The van der Waals surface area contributed by atoms with E-state index in [0.29, 0.717) is 13.0 Å². The molecular weight excluding hydrogens is 234 g/mol. The largest absolute Gasteiger partial charge is 0.349 e. The zero-order valence-corrected chi connectivity index (χ0v) is 9.87. The van der Waals surface area contributed by atoms with Gasteiger partial charge in [0, 0.05) is 13.5 Å². The summed E-state index contributed by atoms with van der Waals surface area (Å²) in [5.74, 6) is -1.08. The number of fused-ring (bicyclic) bond motifs is 1. The van der Waals surface area contributed by atoms with Crippen LogP contribution in [0.5, 0.6) is 0 Å². The Morgan fingerprint density at radius 3 is 2.67 bits per heavy atom. The monoisotopic (exact) mass is 247 g/mol. The second-order valence-corrected chi connectivity index (χ2v) is 4.02. The minimum atomic E-state index is -0.578. The molecule has 0 saturated carbocycles. The van der Waals surface area contributed by atoms with E-state index in [1.54, 1.807) is 6.07 Å². The van der Waals surface area contributed by atoms with Crippen LogP contribution in [0.3, 0.4) is 0 Å².